The summed E-state index contributed by atoms with van der Waals surface area (Å²) in [7, 11) is -1.68. The minimum Gasteiger partial charge on any atom is -0.316 e. The maximum absolute atomic E-state index is 12.7. The maximum atomic E-state index is 12.7. The van der Waals surface area contributed by atoms with Crippen molar-refractivity contribution in [1.29, 1.82) is 0 Å². The van der Waals surface area contributed by atoms with E-state index < -0.39 is 10.0 Å². The second-order valence-electron chi connectivity index (χ2n) is 4.45. The summed E-state index contributed by atoms with van der Waals surface area (Å²) >= 11 is 3.34. The van der Waals surface area contributed by atoms with Crippen LogP contribution in [-0.4, -0.2) is 32.9 Å². The van der Waals surface area contributed by atoms with Gasteiger partial charge in [-0.1, -0.05) is 19.1 Å². The molecule has 1 rings (SSSR count). The monoisotopic (exact) mass is 360 g/mol. The summed E-state index contributed by atoms with van der Waals surface area (Å²) < 4.78 is 27.5. The van der Waals surface area contributed by atoms with Crippen molar-refractivity contribution >= 4 is 26.0 Å². The minimum absolute atomic E-state index is 0.306. The fourth-order valence-electron chi connectivity index (χ4n) is 1.90. The van der Waals surface area contributed by atoms with Crippen LogP contribution in [-0.2, 0) is 16.6 Å². The second-order valence-corrected chi connectivity index (χ2v) is 7.21. The van der Waals surface area contributed by atoms with Crippen molar-refractivity contribution in [3.63, 3.8) is 0 Å². The van der Waals surface area contributed by atoms with Gasteiger partial charge in [-0.3, -0.25) is 0 Å². The molecule has 20 heavy (non-hydrogen) atoms. The molecule has 0 bridgehead atoms. The summed E-state index contributed by atoms with van der Waals surface area (Å²) in [5.74, 6) is 0. The van der Waals surface area contributed by atoms with Crippen LogP contribution in [0.15, 0.2) is 40.2 Å². The highest BCUT2D eigenvalue weighted by Crippen LogP contribution is 2.26. The topological polar surface area (TPSA) is 49.4 Å². The molecule has 0 aliphatic carbocycles. The standard InChI is InChI=1S/C14H21BrN2O2S/c1-4-8-17(9-5-2)20(18,19)14-10-12(11-16-3)6-7-13(14)15/h4,6-7,10,16H,1,5,8-9,11H2,2-3H3. The van der Waals surface area contributed by atoms with Crippen LogP contribution in [0.4, 0.5) is 0 Å². The first kappa shape index (κ1) is 17.4. The average Bonchev–Trinajstić information content (AvgIpc) is 2.41. The molecule has 1 aromatic carbocycles. The SMILES string of the molecule is C=CCN(CCC)S(=O)(=O)c1cc(CNC)ccc1Br. The van der Waals surface area contributed by atoms with Crippen molar-refractivity contribution in [3.8, 4) is 0 Å². The number of sulfonamides is 1. The largest absolute Gasteiger partial charge is 0.316 e. The Kier molecular flexibility index (Phi) is 6.88. The van der Waals surface area contributed by atoms with Gasteiger partial charge in [0.05, 0.1) is 4.90 Å². The molecule has 112 valence electrons. The molecule has 0 unspecified atom stereocenters. The van der Waals surface area contributed by atoms with Crippen molar-refractivity contribution in [3.05, 3.63) is 40.9 Å². The summed E-state index contributed by atoms with van der Waals surface area (Å²) in [6.45, 7) is 7.02. The quantitative estimate of drug-likeness (QED) is 0.725. The first-order chi connectivity index (χ1) is 9.47. The van der Waals surface area contributed by atoms with Crippen molar-refractivity contribution in [2.75, 3.05) is 20.1 Å². The van der Waals surface area contributed by atoms with Gasteiger partial charge in [-0.15, -0.1) is 6.58 Å². The highest BCUT2D eigenvalue weighted by Gasteiger charge is 2.25. The molecule has 0 aromatic heterocycles. The van der Waals surface area contributed by atoms with E-state index in [4.69, 9.17) is 0 Å². The normalized spacial score (nSPS) is 11.8. The maximum Gasteiger partial charge on any atom is 0.244 e. The smallest absolute Gasteiger partial charge is 0.244 e. The Bertz CT molecular complexity index is 558. The zero-order chi connectivity index (χ0) is 15.2. The number of nitrogens with zero attached hydrogens (tertiary/aromatic N) is 1. The van der Waals surface area contributed by atoms with Crippen LogP contribution in [0, 0.1) is 0 Å². The number of hydrogen-bond donors (Lipinski definition) is 1. The first-order valence-electron chi connectivity index (χ1n) is 6.51. The van der Waals surface area contributed by atoms with Gasteiger partial charge in [0.15, 0.2) is 0 Å². The van der Waals surface area contributed by atoms with Gasteiger partial charge in [0.2, 0.25) is 10.0 Å². The third kappa shape index (κ3) is 4.15. The van der Waals surface area contributed by atoms with Crippen molar-refractivity contribution in [2.45, 2.75) is 24.8 Å². The molecule has 0 radical (unpaired) electrons. The summed E-state index contributed by atoms with van der Waals surface area (Å²) in [5.41, 5.74) is 0.935. The molecule has 0 spiro atoms. The molecular formula is C14H21BrN2O2S. The molecular weight excluding hydrogens is 340 g/mol. The molecule has 0 heterocycles. The van der Waals surface area contributed by atoms with Gasteiger partial charge in [-0.05, 0) is 47.1 Å². The Morgan fingerprint density at radius 2 is 2.15 bits per heavy atom. The van der Waals surface area contributed by atoms with Crippen LogP contribution in [0.5, 0.6) is 0 Å². The fourth-order valence-corrected chi connectivity index (χ4v) is 4.38. The highest BCUT2D eigenvalue weighted by molar-refractivity contribution is 9.10. The van der Waals surface area contributed by atoms with E-state index in [1.807, 2.05) is 20.0 Å². The van der Waals surface area contributed by atoms with Crippen LogP contribution in [0.1, 0.15) is 18.9 Å². The van der Waals surface area contributed by atoms with E-state index in [1.165, 1.54) is 4.31 Å². The number of halogens is 1. The molecule has 0 aliphatic heterocycles. The van der Waals surface area contributed by atoms with Gasteiger partial charge >= 0.3 is 0 Å². The lowest BCUT2D eigenvalue weighted by Gasteiger charge is -2.21. The Morgan fingerprint density at radius 1 is 1.45 bits per heavy atom. The third-order valence-electron chi connectivity index (χ3n) is 2.80. The van der Waals surface area contributed by atoms with E-state index >= 15 is 0 Å². The van der Waals surface area contributed by atoms with E-state index in [2.05, 4.69) is 27.8 Å². The van der Waals surface area contributed by atoms with E-state index in [0.717, 1.165) is 12.0 Å². The summed E-state index contributed by atoms with van der Waals surface area (Å²) in [4.78, 5) is 0.306. The van der Waals surface area contributed by atoms with Crippen LogP contribution in [0.25, 0.3) is 0 Å². The Labute approximate surface area is 130 Å². The van der Waals surface area contributed by atoms with Crippen LogP contribution in [0.3, 0.4) is 0 Å². The molecule has 0 amide bonds. The van der Waals surface area contributed by atoms with Gasteiger partial charge in [-0.2, -0.15) is 4.31 Å². The summed E-state index contributed by atoms with van der Waals surface area (Å²) in [6, 6.07) is 5.39. The van der Waals surface area contributed by atoms with E-state index in [-0.39, 0.29) is 0 Å². The minimum atomic E-state index is -3.51. The Balaban J connectivity index is 3.24. The highest BCUT2D eigenvalue weighted by atomic mass is 79.9. The molecule has 1 aromatic rings. The van der Waals surface area contributed by atoms with E-state index in [9.17, 15) is 8.42 Å². The zero-order valence-electron chi connectivity index (χ0n) is 11.9. The lowest BCUT2D eigenvalue weighted by Crippen LogP contribution is -2.32. The van der Waals surface area contributed by atoms with Gasteiger partial charge in [-0.25, -0.2) is 8.42 Å². The molecule has 0 aliphatic rings. The Morgan fingerprint density at radius 3 is 2.70 bits per heavy atom. The Hall–Kier alpha value is -0.690. The van der Waals surface area contributed by atoms with Crippen molar-refractivity contribution in [2.24, 2.45) is 0 Å². The van der Waals surface area contributed by atoms with Crippen LogP contribution >= 0.6 is 15.9 Å². The molecule has 4 nitrogen and oxygen atoms in total. The van der Waals surface area contributed by atoms with Gasteiger partial charge in [0.25, 0.3) is 0 Å². The zero-order valence-corrected chi connectivity index (χ0v) is 14.3. The molecule has 0 saturated heterocycles. The van der Waals surface area contributed by atoms with Crippen molar-refractivity contribution in [1.82, 2.24) is 9.62 Å². The first-order valence-corrected chi connectivity index (χ1v) is 8.74. The summed E-state index contributed by atoms with van der Waals surface area (Å²) in [6.07, 6.45) is 2.37. The number of benzene rings is 1. The van der Waals surface area contributed by atoms with Crippen LogP contribution < -0.4 is 5.32 Å². The number of hydrogen-bond acceptors (Lipinski definition) is 3. The molecule has 0 saturated carbocycles. The fraction of sp³-hybridized carbons (Fsp3) is 0.429. The van der Waals surface area contributed by atoms with Crippen LogP contribution in [0.2, 0.25) is 0 Å². The molecule has 6 heteroatoms. The second kappa shape index (κ2) is 7.93. The van der Waals surface area contributed by atoms with E-state index in [0.29, 0.717) is 29.0 Å². The number of nitrogens with one attached hydrogen (secondary N) is 1. The average molecular weight is 361 g/mol. The summed E-state index contributed by atoms with van der Waals surface area (Å²) in [5, 5.41) is 3.02. The predicted octanol–water partition coefficient (Wildman–Crippen LogP) is 2.76. The van der Waals surface area contributed by atoms with Gasteiger partial charge in [0.1, 0.15) is 0 Å². The molecule has 0 atom stereocenters. The number of rotatable bonds is 8. The molecule has 0 fully saturated rings. The van der Waals surface area contributed by atoms with Crippen molar-refractivity contribution < 1.29 is 8.42 Å². The third-order valence-corrected chi connectivity index (χ3v) is 5.66. The predicted molar refractivity (Wildman–Crippen MR) is 86.2 cm³/mol. The molecule has 1 N–H and O–H groups in total. The van der Waals surface area contributed by atoms with E-state index in [1.54, 1.807) is 18.2 Å². The van der Waals surface area contributed by atoms with Gasteiger partial charge in [0, 0.05) is 24.1 Å². The van der Waals surface area contributed by atoms with Gasteiger partial charge < -0.3 is 5.32 Å². The lowest BCUT2D eigenvalue weighted by molar-refractivity contribution is 0.441. The lowest BCUT2D eigenvalue weighted by atomic mass is 10.2.